The topological polar surface area (TPSA) is 69.7 Å². The summed E-state index contributed by atoms with van der Waals surface area (Å²) in [6.07, 6.45) is 1.78. The molecule has 2 heterocycles. The van der Waals surface area contributed by atoms with Gasteiger partial charge >= 0.3 is 0 Å². The van der Waals surface area contributed by atoms with E-state index in [1.54, 1.807) is 12.1 Å². The van der Waals surface area contributed by atoms with Gasteiger partial charge in [-0.25, -0.2) is 8.42 Å². The van der Waals surface area contributed by atoms with Gasteiger partial charge in [0.2, 0.25) is 5.91 Å². The van der Waals surface area contributed by atoms with E-state index in [-0.39, 0.29) is 12.5 Å². The second-order valence-corrected chi connectivity index (χ2v) is 12.2. The zero-order valence-corrected chi connectivity index (χ0v) is 20.5. The van der Waals surface area contributed by atoms with Crippen LogP contribution in [0.1, 0.15) is 38.2 Å². The molecule has 1 aliphatic heterocycles. The van der Waals surface area contributed by atoms with Crippen LogP contribution in [0.2, 0.25) is 0 Å². The van der Waals surface area contributed by atoms with Gasteiger partial charge in [0.25, 0.3) is 10.0 Å². The molecule has 30 heavy (non-hydrogen) atoms. The fraction of sp³-hybridized carbons (Fsp3) is 0.476. The number of thiophene rings is 1. The standard InChI is InChI=1S/C21H28BrN3O3S2/c1-3-16(2)17-5-7-18(8-6-17)23-20(26)15-24-11-4-12-25(14-13-24)30(27,28)21-10-9-19(22)29-21/h5-10,16H,3-4,11-15H2,1-2H3,(H,23,26)/t16-/m1/s1. The van der Waals surface area contributed by atoms with E-state index in [2.05, 4.69) is 47.2 Å². The molecule has 0 saturated carbocycles. The number of benzene rings is 1. The van der Waals surface area contributed by atoms with Crippen molar-refractivity contribution < 1.29 is 13.2 Å². The molecule has 6 nitrogen and oxygen atoms in total. The fourth-order valence-electron chi connectivity index (χ4n) is 3.44. The highest BCUT2D eigenvalue weighted by molar-refractivity contribution is 9.11. The maximum absolute atomic E-state index is 12.8. The molecule has 0 bridgehead atoms. The van der Waals surface area contributed by atoms with Crippen LogP contribution in [0, 0.1) is 0 Å². The summed E-state index contributed by atoms with van der Waals surface area (Å²) < 4.78 is 28.3. The zero-order valence-electron chi connectivity index (χ0n) is 17.3. The van der Waals surface area contributed by atoms with Crippen LogP contribution in [0.15, 0.2) is 44.4 Å². The molecule has 0 unspecified atom stereocenters. The summed E-state index contributed by atoms with van der Waals surface area (Å²) in [7, 11) is -3.48. The molecule has 1 atom stereocenters. The van der Waals surface area contributed by atoms with E-state index in [9.17, 15) is 13.2 Å². The van der Waals surface area contributed by atoms with Crippen LogP contribution < -0.4 is 5.32 Å². The minimum atomic E-state index is -3.48. The molecule has 2 aromatic rings. The molecule has 0 aliphatic carbocycles. The first-order chi connectivity index (χ1) is 14.3. The SMILES string of the molecule is CC[C@@H](C)c1ccc(NC(=O)CN2CCCN(S(=O)(=O)c3ccc(Br)s3)CC2)cc1. The van der Waals surface area contributed by atoms with Crippen LogP contribution in [0.4, 0.5) is 5.69 Å². The van der Waals surface area contributed by atoms with Crippen molar-refractivity contribution in [3.8, 4) is 0 Å². The second-order valence-electron chi connectivity index (χ2n) is 7.57. The highest BCUT2D eigenvalue weighted by atomic mass is 79.9. The predicted molar refractivity (Wildman–Crippen MR) is 126 cm³/mol. The molecule has 1 N–H and O–H groups in total. The smallest absolute Gasteiger partial charge is 0.252 e. The monoisotopic (exact) mass is 513 g/mol. The number of carbonyl (C=O) groups is 1. The largest absolute Gasteiger partial charge is 0.325 e. The van der Waals surface area contributed by atoms with E-state index in [1.807, 2.05) is 17.0 Å². The third-order valence-corrected chi connectivity index (χ3v) is 9.42. The van der Waals surface area contributed by atoms with Crippen LogP contribution in [-0.4, -0.2) is 56.3 Å². The molecule has 1 aliphatic rings. The lowest BCUT2D eigenvalue weighted by atomic mass is 9.99. The van der Waals surface area contributed by atoms with Crippen molar-refractivity contribution in [1.29, 1.82) is 0 Å². The Balaban J connectivity index is 1.54. The average Bonchev–Trinajstić information content (AvgIpc) is 3.03. The number of carbonyl (C=O) groups excluding carboxylic acids is 1. The van der Waals surface area contributed by atoms with Crippen LogP contribution in [0.25, 0.3) is 0 Å². The van der Waals surface area contributed by atoms with Gasteiger partial charge in [-0.15, -0.1) is 11.3 Å². The molecule has 3 rings (SSSR count). The van der Waals surface area contributed by atoms with Gasteiger partial charge < -0.3 is 5.32 Å². The first kappa shape index (κ1) is 23.4. The van der Waals surface area contributed by atoms with Crippen molar-refractivity contribution in [3.05, 3.63) is 45.7 Å². The van der Waals surface area contributed by atoms with Gasteiger partial charge in [-0.1, -0.05) is 26.0 Å². The summed E-state index contributed by atoms with van der Waals surface area (Å²) in [4.78, 5) is 14.5. The summed E-state index contributed by atoms with van der Waals surface area (Å²) in [5.41, 5.74) is 2.05. The van der Waals surface area contributed by atoms with Gasteiger partial charge in [0, 0.05) is 25.3 Å². The molecule has 0 spiro atoms. The first-order valence-electron chi connectivity index (χ1n) is 10.2. The Hall–Kier alpha value is -1.26. The molecular formula is C21H28BrN3O3S2. The molecule has 0 radical (unpaired) electrons. The van der Waals surface area contributed by atoms with Gasteiger partial charge in [-0.2, -0.15) is 4.31 Å². The Kier molecular flexibility index (Phi) is 8.09. The number of hydrogen-bond acceptors (Lipinski definition) is 5. The second kappa shape index (κ2) is 10.4. The van der Waals surface area contributed by atoms with Gasteiger partial charge in [0.15, 0.2) is 0 Å². The summed E-state index contributed by atoms with van der Waals surface area (Å²) in [5.74, 6) is 0.422. The van der Waals surface area contributed by atoms with Crippen LogP contribution in [0.5, 0.6) is 0 Å². The lowest BCUT2D eigenvalue weighted by Gasteiger charge is -2.21. The average molecular weight is 515 g/mol. The Morgan fingerprint density at radius 2 is 1.87 bits per heavy atom. The number of nitrogens with zero attached hydrogens (tertiary/aromatic N) is 2. The Bertz CT molecular complexity index is 960. The van der Waals surface area contributed by atoms with Crippen molar-refractivity contribution >= 4 is 48.9 Å². The summed E-state index contributed by atoms with van der Waals surface area (Å²) in [6, 6.07) is 11.4. The van der Waals surface area contributed by atoms with Crippen molar-refractivity contribution in [2.75, 3.05) is 38.0 Å². The number of hydrogen-bond donors (Lipinski definition) is 1. The highest BCUT2D eigenvalue weighted by Crippen LogP contribution is 2.29. The first-order valence-corrected chi connectivity index (χ1v) is 13.2. The van der Waals surface area contributed by atoms with Crippen LogP contribution in [-0.2, 0) is 14.8 Å². The van der Waals surface area contributed by atoms with Gasteiger partial charge in [-0.05, 0) is 71.1 Å². The normalized spacial score (nSPS) is 17.4. The third kappa shape index (κ3) is 5.91. The molecule has 164 valence electrons. The lowest BCUT2D eigenvalue weighted by Crippen LogP contribution is -2.37. The zero-order chi connectivity index (χ0) is 21.7. The quantitative estimate of drug-likeness (QED) is 0.596. The number of rotatable bonds is 7. The molecule has 9 heteroatoms. The Morgan fingerprint density at radius 1 is 1.13 bits per heavy atom. The summed E-state index contributed by atoms with van der Waals surface area (Å²) in [5, 5.41) is 2.95. The Morgan fingerprint density at radius 3 is 2.50 bits per heavy atom. The number of nitrogens with one attached hydrogen (secondary N) is 1. The van der Waals surface area contributed by atoms with Crippen molar-refractivity contribution in [2.45, 2.75) is 36.8 Å². The number of anilines is 1. The molecule has 1 amide bonds. The third-order valence-electron chi connectivity index (χ3n) is 5.43. The lowest BCUT2D eigenvalue weighted by molar-refractivity contribution is -0.117. The Labute approximate surface area is 191 Å². The van der Waals surface area contributed by atoms with E-state index in [4.69, 9.17) is 0 Å². The van der Waals surface area contributed by atoms with Crippen molar-refractivity contribution in [1.82, 2.24) is 9.21 Å². The molecule has 1 aromatic heterocycles. The molecule has 1 aromatic carbocycles. The number of halogens is 1. The van der Waals surface area contributed by atoms with Crippen molar-refractivity contribution in [2.24, 2.45) is 0 Å². The minimum absolute atomic E-state index is 0.0789. The summed E-state index contributed by atoms with van der Waals surface area (Å²) in [6.45, 7) is 6.68. The van der Waals surface area contributed by atoms with E-state index in [1.165, 1.54) is 21.2 Å². The number of sulfonamides is 1. The summed E-state index contributed by atoms with van der Waals surface area (Å²) >= 11 is 4.55. The maximum Gasteiger partial charge on any atom is 0.252 e. The molecular weight excluding hydrogens is 486 g/mol. The van der Waals surface area contributed by atoms with Gasteiger partial charge in [0.1, 0.15) is 4.21 Å². The van der Waals surface area contributed by atoms with E-state index in [0.29, 0.717) is 42.7 Å². The maximum atomic E-state index is 12.8. The highest BCUT2D eigenvalue weighted by Gasteiger charge is 2.28. The van der Waals surface area contributed by atoms with E-state index < -0.39 is 10.0 Å². The van der Waals surface area contributed by atoms with Crippen LogP contribution in [0.3, 0.4) is 0 Å². The molecule has 1 saturated heterocycles. The van der Waals surface area contributed by atoms with E-state index >= 15 is 0 Å². The van der Waals surface area contributed by atoms with Crippen LogP contribution >= 0.6 is 27.3 Å². The molecule has 1 fully saturated rings. The van der Waals surface area contributed by atoms with Gasteiger partial charge in [-0.3, -0.25) is 9.69 Å². The fourth-order valence-corrected chi connectivity index (χ4v) is 7.08. The van der Waals surface area contributed by atoms with Gasteiger partial charge in [0.05, 0.1) is 10.3 Å². The predicted octanol–water partition coefficient (Wildman–Crippen LogP) is 4.36. The van der Waals surface area contributed by atoms with E-state index in [0.717, 1.165) is 15.9 Å². The number of amides is 1. The minimum Gasteiger partial charge on any atom is -0.325 e. The van der Waals surface area contributed by atoms with Crippen molar-refractivity contribution in [3.63, 3.8) is 0 Å².